The maximum atomic E-state index is 14.5. The average molecular weight is 936 g/mol. The van der Waals surface area contributed by atoms with Gasteiger partial charge in [-0.3, -0.25) is 33.6 Å². The number of rotatable bonds is 25. The van der Waals surface area contributed by atoms with Gasteiger partial charge in [-0.25, -0.2) is 0 Å². The van der Waals surface area contributed by atoms with Gasteiger partial charge in [0.05, 0.1) is 12.6 Å². The number of amides is 7. The van der Waals surface area contributed by atoms with E-state index < -0.39 is 72.2 Å². The third-order valence-electron chi connectivity index (χ3n) is 10.7. The number of benzene rings is 1. The second kappa shape index (κ2) is 30.8. The van der Waals surface area contributed by atoms with Gasteiger partial charge in [0.25, 0.3) is 0 Å². The summed E-state index contributed by atoms with van der Waals surface area (Å²) in [5.41, 5.74) is 19.0. The number of ether oxygens (including phenoxy) is 2. The number of hydrogen-bond donors (Lipinski definition) is 9. The average Bonchev–Trinajstić information content (AvgIpc) is 3.30. The number of nitrogens with two attached hydrogens (primary N) is 3. The molecule has 0 saturated carbocycles. The zero-order valence-electron chi connectivity index (χ0n) is 39.8. The molecule has 67 heavy (non-hydrogen) atoms. The molecule has 20 nitrogen and oxygen atoms in total. The summed E-state index contributed by atoms with van der Waals surface area (Å²) in [7, 11) is 1.34. The van der Waals surface area contributed by atoms with E-state index in [1.807, 2.05) is 6.07 Å². The van der Waals surface area contributed by atoms with Gasteiger partial charge in [0.2, 0.25) is 41.4 Å². The maximum Gasteiger partial charge on any atom is 0.248 e. The van der Waals surface area contributed by atoms with Crippen molar-refractivity contribution in [2.45, 2.75) is 122 Å². The van der Waals surface area contributed by atoms with Gasteiger partial charge in [-0.05, 0) is 70.4 Å². The van der Waals surface area contributed by atoms with Crippen molar-refractivity contribution in [2.24, 2.45) is 17.2 Å². The lowest BCUT2D eigenvalue weighted by atomic mass is 9.95. The Morgan fingerprint density at radius 3 is 2.24 bits per heavy atom. The van der Waals surface area contributed by atoms with Crippen LogP contribution in [0.4, 0.5) is 0 Å². The van der Waals surface area contributed by atoms with E-state index in [0.717, 1.165) is 30.6 Å². The number of carbonyl (C=O) groups excluding carboxylic acids is 7. The summed E-state index contributed by atoms with van der Waals surface area (Å²) in [6.07, 6.45) is 10.8. The van der Waals surface area contributed by atoms with E-state index in [9.17, 15) is 33.6 Å². The molecule has 1 aliphatic heterocycles. The van der Waals surface area contributed by atoms with Crippen LogP contribution in [0.3, 0.4) is 0 Å². The van der Waals surface area contributed by atoms with E-state index in [2.05, 4.69) is 45.4 Å². The van der Waals surface area contributed by atoms with Gasteiger partial charge in [0.1, 0.15) is 61.5 Å². The Morgan fingerprint density at radius 1 is 0.910 bits per heavy atom. The fourth-order valence-corrected chi connectivity index (χ4v) is 7.04. The molecule has 2 bridgehead atoms. The number of nitrogens with one attached hydrogen (secondary N) is 6. The lowest BCUT2D eigenvalue weighted by Crippen LogP contribution is -2.56. The molecule has 0 fully saturated rings. The number of nitriles is 1. The largest absolute Gasteiger partial charge is 0.492 e. The minimum atomic E-state index is -1.47. The molecule has 12 N–H and O–H groups in total. The van der Waals surface area contributed by atoms with E-state index in [4.69, 9.17) is 31.9 Å². The molecule has 0 aliphatic carbocycles. The molecule has 0 aromatic heterocycles. The maximum absolute atomic E-state index is 14.5. The fraction of sp³-hybridized carbons (Fsp3) is 0.574. The first-order chi connectivity index (χ1) is 32.0. The van der Waals surface area contributed by atoms with Gasteiger partial charge in [-0.15, -0.1) is 0 Å². The first kappa shape index (κ1) is 56.8. The van der Waals surface area contributed by atoms with Crippen molar-refractivity contribution < 1.29 is 43.0 Å². The van der Waals surface area contributed by atoms with Crippen molar-refractivity contribution >= 4 is 46.9 Å². The summed E-state index contributed by atoms with van der Waals surface area (Å²) < 4.78 is 12.0. The molecule has 1 heterocycles. The van der Waals surface area contributed by atoms with Gasteiger partial charge in [0.15, 0.2) is 0 Å². The molecule has 1 aromatic rings. The first-order valence-corrected chi connectivity index (χ1v) is 23.0. The minimum absolute atomic E-state index is 0.00387. The predicted octanol–water partition coefficient (Wildman–Crippen LogP) is 0.970. The Hall–Kier alpha value is -6.30. The molecule has 370 valence electrons. The normalized spacial score (nSPS) is 19.0. The molecule has 20 heteroatoms. The van der Waals surface area contributed by atoms with E-state index in [0.29, 0.717) is 28.9 Å². The van der Waals surface area contributed by atoms with Crippen LogP contribution in [-0.4, -0.2) is 123 Å². The number of nitrogens with zero attached hydrogens (tertiary/aromatic N) is 2. The number of hydrogen-bond acceptors (Lipinski definition) is 13. The summed E-state index contributed by atoms with van der Waals surface area (Å²) in [5, 5.41) is 24.6. The van der Waals surface area contributed by atoms with E-state index in [1.165, 1.54) is 33.7 Å². The van der Waals surface area contributed by atoms with Gasteiger partial charge in [-0.1, -0.05) is 69.7 Å². The first-order valence-electron chi connectivity index (χ1n) is 23.0. The Labute approximate surface area is 394 Å². The molecule has 0 radical (unpaired) electrons. The monoisotopic (exact) mass is 936 g/mol. The minimum Gasteiger partial charge on any atom is -0.492 e. The SMILES string of the molecule is C=C1/C(OCCN)=C\C=C(/C)C[C@@H](C(=O)NCC#N)NC(=O)[C@H](C)NC(=O)[C@@H](N(C)C(=O)[C@H](CCN)NC(=O)CNC(=O)[C@H](C)NC(=O)CCCCCCCCC)c2ccc(OCCN)c1c2. The molecule has 2 rings (SSSR count). The molecule has 1 aliphatic rings. The van der Waals surface area contributed by atoms with E-state index >= 15 is 0 Å². The quantitative estimate of drug-likeness (QED) is 0.0488. The third kappa shape index (κ3) is 19.6. The smallest absolute Gasteiger partial charge is 0.248 e. The Bertz CT molecular complexity index is 1970. The van der Waals surface area contributed by atoms with Crippen molar-refractivity contribution in [2.75, 3.05) is 53.0 Å². The van der Waals surface area contributed by atoms with Crippen molar-refractivity contribution in [3.8, 4) is 11.8 Å². The Kier molecular flexibility index (Phi) is 26.1. The molecular formula is C47H73N11O9. The summed E-state index contributed by atoms with van der Waals surface area (Å²) in [6, 6.07) is 0.457. The van der Waals surface area contributed by atoms with Crippen LogP contribution in [0.15, 0.2) is 48.3 Å². The summed E-state index contributed by atoms with van der Waals surface area (Å²) in [5.74, 6) is -3.99. The summed E-state index contributed by atoms with van der Waals surface area (Å²) in [6.45, 7) is 10.7. The van der Waals surface area contributed by atoms with Crippen LogP contribution < -0.4 is 53.8 Å². The van der Waals surface area contributed by atoms with Gasteiger partial charge < -0.3 is 63.5 Å². The molecule has 5 atom stereocenters. The summed E-state index contributed by atoms with van der Waals surface area (Å²) >= 11 is 0. The fourth-order valence-electron chi connectivity index (χ4n) is 7.04. The number of unbranched alkanes of at least 4 members (excludes halogenated alkanes) is 6. The topological polar surface area (TPSA) is 315 Å². The standard InChI is InChI=1S/C47H73N11O9/c1-7-8-9-10-11-12-13-14-40(59)54-32(4)43(61)53-29-41(60)56-36(19-20-48)47(65)58(6)42-34-16-18-39(67-26-23-51)35(28-34)31(3)38(66-25-22-50)17-15-30(2)27-37(45(63)52-24-21-49)57-44(62)33(5)55-46(42)64/h15-18,28,32-33,36-37,42H,3,7-14,19-20,22-27,29,48,50-51H2,1-2,4-6H3,(H,52,63)(H,53,61)(H,54,59)(H,55,64)(H,56,60)(H,57,62)/b30-15+,38-17+/t32-,33-,36-,37-,42-/m0/s1. The van der Waals surface area contributed by atoms with Crippen molar-refractivity contribution in [1.82, 2.24) is 36.8 Å². The van der Waals surface area contributed by atoms with E-state index in [-0.39, 0.29) is 75.9 Å². The highest BCUT2D eigenvalue weighted by Crippen LogP contribution is 2.35. The number of fused-ring (bicyclic) bond motifs is 2. The number of likely N-dealkylation sites (N-methyl/N-ethyl adjacent to an activating group) is 1. The van der Waals surface area contributed by atoms with Crippen LogP contribution in [0.2, 0.25) is 0 Å². The van der Waals surface area contributed by atoms with Crippen LogP contribution in [-0.2, 0) is 38.3 Å². The molecule has 1 aromatic carbocycles. The molecule has 0 saturated heterocycles. The lowest BCUT2D eigenvalue weighted by Gasteiger charge is -2.32. The van der Waals surface area contributed by atoms with Crippen LogP contribution in [0.5, 0.6) is 5.75 Å². The second-order valence-electron chi connectivity index (χ2n) is 16.4. The van der Waals surface area contributed by atoms with Crippen LogP contribution in [0, 0.1) is 11.3 Å². The number of allylic oxidation sites excluding steroid dienone is 3. The predicted molar refractivity (Wildman–Crippen MR) is 254 cm³/mol. The zero-order valence-corrected chi connectivity index (χ0v) is 39.8. The molecule has 0 unspecified atom stereocenters. The molecular weight excluding hydrogens is 863 g/mol. The van der Waals surface area contributed by atoms with Gasteiger partial charge in [-0.2, -0.15) is 5.26 Å². The lowest BCUT2D eigenvalue weighted by molar-refractivity contribution is -0.143. The van der Waals surface area contributed by atoms with Gasteiger partial charge in [0, 0.05) is 37.7 Å². The van der Waals surface area contributed by atoms with Crippen molar-refractivity contribution in [3.05, 3.63) is 59.4 Å². The summed E-state index contributed by atoms with van der Waals surface area (Å²) in [4.78, 5) is 95.4. The van der Waals surface area contributed by atoms with Crippen molar-refractivity contribution in [1.29, 1.82) is 5.26 Å². The van der Waals surface area contributed by atoms with Gasteiger partial charge >= 0.3 is 0 Å². The zero-order chi connectivity index (χ0) is 49.9. The Morgan fingerprint density at radius 2 is 1.58 bits per heavy atom. The van der Waals surface area contributed by atoms with Crippen LogP contribution in [0.1, 0.15) is 109 Å². The highest BCUT2D eigenvalue weighted by atomic mass is 16.5. The second-order valence-corrected chi connectivity index (χ2v) is 16.4. The highest BCUT2D eigenvalue weighted by Gasteiger charge is 2.36. The highest BCUT2D eigenvalue weighted by molar-refractivity contribution is 5.97. The van der Waals surface area contributed by atoms with E-state index in [1.54, 1.807) is 37.3 Å². The van der Waals surface area contributed by atoms with Crippen LogP contribution in [0.25, 0.3) is 5.57 Å². The molecule has 0 spiro atoms. The van der Waals surface area contributed by atoms with Crippen LogP contribution >= 0.6 is 0 Å². The number of carbonyl (C=O) groups is 7. The molecule has 7 amide bonds. The third-order valence-corrected chi connectivity index (χ3v) is 10.7. The van der Waals surface area contributed by atoms with Crippen molar-refractivity contribution in [3.63, 3.8) is 0 Å². The Balaban J connectivity index is 2.50.